The molecule has 0 radical (unpaired) electrons. The number of hydrogen-bond donors (Lipinski definition) is 3. The fourth-order valence-electron chi connectivity index (χ4n) is 1.43. The lowest BCUT2D eigenvalue weighted by molar-refractivity contribution is 0.243. The van der Waals surface area contributed by atoms with Crippen LogP contribution in [0, 0.1) is 0 Å². The van der Waals surface area contributed by atoms with Crippen LogP contribution in [0.25, 0.3) is 0 Å². The van der Waals surface area contributed by atoms with E-state index in [1.54, 1.807) is 11.5 Å². The summed E-state index contributed by atoms with van der Waals surface area (Å²) in [5, 5.41) is 18.2. The van der Waals surface area contributed by atoms with Crippen molar-refractivity contribution in [2.24, 2.45) is 5.73 Å². The molecular weight excluding hydrogens is 198 g/mol. The molecule has 0 saturated heterocycles. The number of rotatable bonds is 5. The van der Waals surface area contributed by atoms with Crippen molar-refractivity contribution in [2.45, 2.75) is 33.2 Å². The van der Waals surface area contributed by atoms with E-state index in [0.717, 1.165) is 0 Å². The van der Waals surface area contributed by atoms with E-state index in [1.165, 1.54) is 0 Å². The first-order valence-corrected chi connectivity index (χ1v) is 4.85. The Morgan fingerprint density at radius 2 is 2.13 bits per heavy atom. The van der Waals surface area contributed by atoms with Crippen molar-refractivity contribution in [1.29, 1.82) is 0 Å². The molecule has 0 aliphatic rings. The Hall–Kier alpha value is -1.11. The summed E-state index contributed by atoms with van der Waals surface area (Å²) in [6.45, 7) is 3.58. The van der Waals surface area contributed by atoms with E-state index in [-0.39, 0.29) is 19.4 Å². The molecule has 86 valence electrons. The molecule has 15 heavy (non-hydrogen) atoms. The predicted molar refractivity (Wildman–Crippen MR) is 54.1 cm³/mol. The van der Waals surface area contributed by atoms with Gasteiger partial charge in [-0.1, -0.05) is 0 Å². The Kier molecular flexibility index (Phi) is 4.07. The van der Waals surface area contributed by atoms with Gasteiger partial charge in [0.15, 0.2) is 0 Å². The molecule has 1 heterocycles. The quantitative estimate of drug-likeness (QED) is 0.629. The third kappa shape index (κ3) is 2.28. The van der Waals surface area contributed by atoms with Gasteiger partial charge in [-0.25, -0.2) is 0 Å². The van der Waals surface area contributed by atoms with Gasteiger partial charge in [0.25, 0.3) is 6.01 Å². The molecule has 0 fully saturated rings. The standard InChI is InChI=1S/C9H17N3O3/c1-3-15-9-11-7(4-13)8(5-14)12(9)6(2)10/h6,13-14H,3-5,10H2,1-2H3. The Bertz CT molecular complexity index is 323. The third-order valence-electron chi connectivity index (χ3n) is 2.04. The number of hydrogen-bond acceptors (Lipinski definition) is 5. The van der Waals surface area contributed by atoms with Gasteiger partial charge < -0.3 is 20.7 Å². The van der Waals surface area contributed by atoms with Crippen LogP contribution in [0.4, 0.5) is 0 Å². The van der Waals surface area contributed by atoms with Gasteiger partial charge in [-0.3, -0.25) is 4.57 Å². The van der Waals surface area contributed by atoms with E-state index >= 15 is 0 Å². The molecular formula is C9H17N3O3. The van der Waals surface area contributed by atoms with Gasteiger partial charge in [-0.2, -0.15) is 4.98 Å². The van der Waals surface area contributed by atoms with Crippen LogP contribution in [-0.4, -0.2) is 26.4 Å². The Morgan fingerprint density at radius 1 is 1.47 bits per heavy atom. The number of aliphatic hydroxyl groups excluding tert-OH is 2. The van der Waals surface area contributed by atoms with Gasteiger partial charge in [-0.05, 0) is 13.8 Å². The second kappa shape index (κ2) is 5.11. The van der Waals surface area contributed by atoms with Crippen LogP contribution in [0.3, 0.4) is 0 Å². The van der Waals surface area contributed by atoms with Crippen molar-refractivity contribution in [3.05, 3.63) is 11.4 Å². The van der Waals surface area contributed by atoms with Crippen molar-refractivity contribution in [3.63, 3.8) is 0 Å². The maximum atomic E-state index is 9.18. The summed E-state index contributed by atoms with van der Waals surface area (Å²) >= 11 is 0. The monoisotopic (exact) mass is 215 g/mol. The Labute approximate surface area is 88.3 Å². The minimum Gasteiger partial charge on any atom is -0.465 e. The van der Waals surface area contributed by atoms with E-state index < -0.39 is 0 Å². The molecule has 6 nitrogen and oxygen atoms in total. The molecule has 1 unspecified atom stereocenters. The van der Waals surface area contributed by atoms with Crippen molar-refractivity contribution >= 4 is 0 Å². The number of nitrogens with zero attached hydrogens (tertiary/aromatic N) is 2. The normalized spacial score (nSPS) is 12.9. The zero-order chi connectivity index (χ0) is 11.4. The molecule has 6 heteroatoms. The first-order valence-electron chi connectivity index (χ1n) is 4.85. The average Bonchev–Trinajstić information content (AvgIpc) is 2.56. The van der Waals surface area contributed by atoms with Crippen LogP contribution in [0.5, 0.6) is 6.01 Å². The number of imidazole rings is 1. The summed E-state index contributed by atoms with van der Waals surface area (Å²) in [5.41, 5.74) is 6.64. The predicted octanol–water partition coefficient (Wildman–Crippen LogP) is -0.256. The minimum atomic E-state index is -0.360. The maximum Gasteiger partial charge on any atom is 0.298 e. The van der Waals surface area contributed by atoms with Gasteiger partial charge in [0, 0.05) is 0 Å². The maximum absolute atomic E-state index is 9.18. The fraction of sp³-hybridized carbons (Fsp3) is 0.667. The van der Waals surface area contributed by atoms with Crippen LogP contribution < -0.4 is 10.5 Å². The number of ether oxygens (including phenoxy) is 1. The largest absolute Gasteiger partial charge is 0.465 e. The summed E-state index contributed by atoms with van der Waals surface area (Å²) in [4.78, 5) is 4.06. The molecule has 0 bridgehead atoms. The van der Waals surface area contributed by atoms with Crippen molar-refractivity contribution in [2.75, 3.05) is 6.61 Å². The fourth-order valence-corrected chi connectivity index (χ4v) is 1.43. The van der Waals surface area contributed by atoms with Gasteiger partial charge >= 0.3 is 0 Å². The molecule has 0 saturated carbocycles. The molecule has 1 aromatic heterocycles. The Morgan fingerprint density at radius 3 is 2.53 bits per heavy atom. The van der Waals surface area contributed by atoms with E-state index in [0.29, 0.717) is 24.0 Å². The average molecular weight is 215 g/mol. The van der Waals surface area contributed by atoms with Crippen LogP contribution in [0.2, 0.25) is 0 Å². The first-order chi connectivity index (χ1) is 7.15. The van der Waals surface area contributed by atoms with Gasteiger partial charge in [0.05, 0.1) is 37.4 Å². The smallest absolute Gasteiger partial charge is 0.298 e. The highest BCUT2D eigenvalue weighted by Gasteiger charge is 2.18. The summed E-state index contributed by atoms with van der Waals surface area (Å²) in [7, 11) is 0. The van der Waals surface area contributed by atoms with Crippen LogP contribution in [0.1, 0.15) is 31.4 Å². The van der Waals surface area contributed by atoms with E-state index in [4.69, 9.17) is 15.6 Å². The second-order valence-electron chi connectivity index (χ2n) is 3.15. The molecule has 1 aromatic rings. The lowest BCUT2D eigenvalue weighted by atomic mass is 10.3. The van der Waals surface area contributed by atoms with E-state index in [1.807, 2.05) is 6.92 Å². The summed E-state index contributed by atoms with van der Waals surface area (Å²) in [6.07, 6.45) is -0.360. The number of aromatic nitrogens is 2. The summed E-state index contributed by atoms with van der Waals surface area (Å²) < 4.78 is 6.85. The molecule has 0 aliphatic heterocycles. The molecule has 0 aliphatic carbocycles. The van der Waals surface area contributed by atoms with Gasteiger partial charge in [0.2, 0.25) is 0 Å². The van der Waals surface area contributed by atoms with Gasteiger partial charge in [-0.15, -0.1) is 0 Å². The van der Waals surface area contributed by atoms with Gasteiger partial charge in [0.1, 0.15) is 0 Å². The number of aliphatic hydroxyl groups is 2. The van der Waals surface area contributed by atoms with Crippen molar-refractivity contribution in [1.82, 2.24) is 9.55 Å². The second-order valence-corrected chi connectivity index (χ2v) is 3.15. The topological polar surface area (TPSA) is 93.5 Å². The summed E-state index contributed by atoms with van der Waals surface area (Å²) in [6, 6.07) is 0.334. The highest BCUT2D eigenvalue weighted by Crippen LogP contribution is 2.21. The molecule has 0 spiro atoms. The van der Waals surface area contributed by atoms with Crippen molar-refractivity contribution in [3.8, 4) is 6.01 Å². The molecule has 0 aromatic carbocycles. The van der Waals surface area contributed by atoms with Crippen LogP contribution in [-0.2, 0) is 13.2 Å². The summed E-state index contributed by atoms with van der Waals surface area (Å²) in [5.74, 6) is 0. The van der Waals surface area contributed by atoms with Crippen LogP contribution in [0.15, 0.2) is 0 Å². The molecule has 1 atom stereocenters. The van der Waals surface area contributed by atoms with E-state index in [9.17, 15) is 5.11 Å². The highest BCUT2D eigenvalue weighted by atomic mass is 16.5. The highest BCUT2D eigenvalue weighted by molar-refractivity contribution is 5.20. The third-order valence-corrected chi connectivity index (χ3v) is 2.04. The molecule has 1 rings (SSSR count). The zero-order valence-corrected chi connectivity index (χ0v) is 8.97. The molecule has 4 N–H and O–H groups in total. The zero-order valence-electron chi connectivity index (χ0n) is 8.97. The lowest BCUT2D eigenvalue weighted by Crippen LogP contribution is -2.19. The lowest BCUT2D eigenvalue weighted by Gasteiger charge is -2.14. The number of nitrogens with two attached hydrogens (primary N) is 1. The SMILES string of the molecule is CCOc1nc(CO)c(CO)n1C(C)N. The minimum absolute atomic E-state index is 0.225. The Balaban J connectivity index is 3.20. The van der Waals surface area contributed by atoms with Crippen molar-refractivity contribution < 1.29 is 14.9 Å². The van der Waals surface area contributed by atoms with Crippen LogP contribution >= 0.6 is 0 Å². The first kappa shape index (κ1) is 12.0. The molecule has 0 amide bonds. The van der Waals surface area contributed by atoms with E-state index in [2.05, 4.69) is 4.98 Å².